The van der Waals surface area contributed by atoms with Crippen molar-refractivity contribution in [2.24, 2.45) is 11.8 Å². The zero-order chi connectivity index (χ0) is 10.6. The first kappa shape index (κ1) is 10.5. The summed E-state index contributed by atoms with van der Waals surface area (Å²) in [6.07, 6.45) is 0. The lowest BCUT2D eigenvalue weighted by molar-refractivity contribution is 0.0910. The van der Waals surface area contributed by atoms with E-state index in [1.54, 1.807) is 26.0 Å². The van der Waals surface area contributed by atoms with Gasteiger partial charge in [0.15, 0.2) is 5.78 Å². The van der Waals surface area contributed by atoms with Crippen molar-refractivity contribution in [1.82, 2.24) is 0 Å². The summed E-state index contributed by atoms with van der Waals surface area (Å²) in [7, 11) is 0. The molecular formula is C12H13NO. The molecule has 0 amide bonds. The number of hydrogen-bond acceptors (Lipinski definition) is 2. The molecule has 0 aliphatic carbocycles. The first-order chi connectivity index (χ1) is 6.66. The van der Waals surface area contributed by atoms with Crippen LogP contribution in [0.1, 0.15) is 24.2 Å². The van der Waals surface area contributed by atoms with E-state index >= 15 is 0 Å². The smallest absolute Gasteiger partial charge is 0.166 e. The van der Waals surface area contributed by atoms with Gasteiger partial charge >= 0.3 is 0 Å². The second kappa shape index (κ2) is 4.57. The number of rotatable bonds is 3. The number of nitriles is 1. The Hall–Kier alpha value is -1.62. The third-order valence-corrected chi connectivity index (χ3v) is 2.43. The molecule has 0 saturated heterocycles. The molecule has 14 heavy (non-hydrogen) atoms. The standard InChI is InChI=1S/C12H13NO/c1-9(8-13)10(2)12(14)11-6-4-3-5-7-11/h3-7,9-10H,1-2H3. The van der Waals surface area contributed by atoms with Gasteiger partial charge in [0.2, 0.25) is 0 Å². The van der Waals surface area contributed by atoms with Crippen molar-refractivity contribution in [3.63, 3.8) is 0 Å². The van der Waals surface area contributed by atoms with Crippen LogP contribution >= 0.6 is 0 Å². The summed E-state index contributed by atoms with van der Waals surface area (Å²) in [6.45, 7) is 3.56. The van der Waals surface area contributed by atoms with Crippen LogP contribution in [0, 0.1) is 23.2 Å². The van der Waals surface area contributed by atoms with E-state index in [1.807, 2.05) is 18.2 Å². The van der Waals surface area contributed by atoms with Gasteiger partial charge in [0.25, 0.3) is 0 Å². The molecule has 0 radical (unpaired) electrons. The quantitative estimate of drug-likeness (QED) is 0.682. The predicted molar refractivity (Wildman–Crippen MR) is 54.7 cm³/mol. The van der Waals surface area contributed by atoms with E-state index in [9.17, 15) is 4.79 Å². The fourth-order valence-electron chi connectivity index (χ4n) is 1.20. The number of hydrogen-bond donors (Lipinski definition) is 0. The van der Waals surface area contributed by atoms with E-state index in [4.69, 9.17) is 5.26 Å². The summed E-state index contributed by atoms with van der Waals surface area (Å²) in [5.74, 6) is -0.426. The fraction of sp³-hybridized carbons (Fsp3) is 0.333. The lowest BCUT2D eigenvalue weighted by Crippen LogP contribution is -2.17. The van der Waals surface area contributed by atoms with Crippen molar-refractivity contribution in [2.75, 3.05) is 0 Å². The molecular weight excluding hydrogens is 174 g/mol. The normalized spacial score (nSPS) is 14.1. The molecule has 2 atom stereocenters. The molecule has 1 aromatic carbocycles. The monoisotopic (exact) mass is 187 g/mol. The molecule has 2 unspecified atom stereocenters. The molecule has 0 saturated carbocycles. The van der Waals surface area contributed by atoms with Crippen LogP contribution in [0.25, 0.3) is 0 Å². The molecule has 2 nitrogen and oxygen atoms in total. The molecule has 2 heteroatoms. The molecule has 0 N–H and O–H groups in total. The van der Waals surface area contributed by atoms with Crippen LogP contribution in [0.3, 0.4) is 0 Å². The van der Waals surface area contributed by atoms with Crippen molar-refractivity contribution in [3.8, 4) is 6.07 Å². The lowest BCUT2D eigenvalue weighted by Gasteiger charge is -2.11. The summed E-state index contributed by atoms with van der Waals surface area (Å²) in [6, 6.07) is 11.2. The number of ketones is 1. The molecule has 0 fully saturated rings. The summed E-state index contributed by atoms with van der Waals surface area (Å²) >= 11 is 0. The van der Waals surface area contributed by atoms with Gasteiger partial charge in [-0.05, 0) is 6.92 Å². The number of carbonyl (C=O) groups excluding carboxylic acids is 1. The Bertz CT molecular complexity index is 350. The van der Waals surface area contributed by atoms with Crippen LogP contribution < -0.4 is 0 Å². The second-order valence-corrected chi connectivity index (χ2v) is 3.44. The van der Waals surface area contributed by atoms with Gasteiger partial charge in [0.05, 0.1) is 12.0 Å². The molecule has 0 heterocycles. The molecule has 0 spiro atoms. The summed E-state index contributed by atoms with van der Waals surface area (Å²) < 4.78 is 0. The second-order valence-electron chi connectivity index (χ2n) is 3.44. The van der Waals surface area contributed by atoms with E-state index in [0.29, 0.717) is 5.56 Å². The molecule has 0 aliphatic rings. The maximum absolute atomic E-state index is 11.8. The van der Waals surface area contributed by atoms with Crippen molar-refractivity contribution in [2.45, 2.75) is 13.8 Å². The Morgan fingerprint density at radius 2 is 1.86 bits per heavy atom. The molecule has 72 valence electrons. The Kier molecular flexibility index (Phi) is 3.41. The van der Waals surface area contributed by atoms with Crippen LogP contribution in [0.2, 0.25) is 0 Å². The van der Waals surface area contributed by atoms with Gasteiger partial charge < -0.3 is 0 Å². The average Bonchev–Trinajstić information content (AvgIpc) is 2.27. The van der Waals surface area contributed by atoms with Gasteiger partial charge in [-0.25, -0.2) is 0 Å². The summed E-state index contributed by atoms with van der Waals surface area (Å²) in [5.41, 5.74) is 0.683. The van der Waals surface area contributed by atoms with Crippen molar-refractivity contribution in [1.29, 1.82) is 5.26 Å². The van der Waals surface area contributed by atoms with E-state index in [0.717, 1.165) is 0 Å². The van der Waals surface area contributed by atoms with Crippen molar-refractivity contribution < 1.29 is 4.79 Å². The largest absolute Gasteiger partial charge is 0.294 e. The minimum absolute atomic E-state index is 0.0413. The van der Waals surface area contributed by atoms with E-state index in [1.165, 1.54) is 0 Å². The van der Waals surface area contributed by atoms with E-state index in [2.05, 4.69) is 6.07 Å². The first-order valence-electron chi connectivity index (χ1n) is 4.65. The van der Waals surface area contributed by atoms with Crippen LogP contribution in [-0.2, 0) is 0 Å². The van der Waals surface area contributed by atoms with Crippen molar-refractivity contribution >= 4 is 5.78 Å². The van der Waals surface area contributed by atoms with Crippen LogP contribution in [-0.4, -0.2) is 5.78 Å². The SMILES string of the molecule is CC(C#N)C(C)C(=O)c1ccccc1. The van der Waals surface area contributed by atoms with E-state index in [-0.39, 0.29) is 17.6 Å². The van der Waals surface area contributed by atoms with Gasteiger partial charge in [-0.15, -0.1) is 0 Å². The predicted octanol–water partition coefficient (Wildman–Crippen LogP) is 2.67. The zero-order valence-electron chi connectivity index (χ0n) is 8.40. The third kappa shape index (κ3) is 2.20. The Morgan fingerprint density at radius 3 is 2.36 bits per heavy atom. The van der Waals surface area contributed by atoms with Gasteiger partial charge in [-0.1, -0.05) is 37.3 Å². The van der Waals surface area contributed by atoms with Gasteiger partial charge in [0.1, 0.15) is 0 Å². The van der Waals surface area contributed by atoms with Gasteiger partial charge in [-0.3, -0.25) is 4.79 Å². The molecule has 0 aliphatic heterocycles. The Labute approximate surface area is 84.2 Å². The Morgan fingerprint density at radius 1 is 1.29 bits per heavy atom. The van der Waals surface area contributed by atoms with Crippen LogP contribution in [0.4, 0.5) is 0 Å². The fourth-order valence-corrected chi connectivity index (χ4v) is 1.20. The first-order valence-corrected chi connectivity index (χ1v) is 4.65. The van der Waals surface area contributed by atoms with Crippen LogP contribution in [0.5, 0.6) is 0 Å². The number of Topliss-reactive ketones (excluding diaryl/α,β-unsaturated/α-hetero) is 1. The topological polar surface area (TPSA) is 40.9 Å². The maximum Gasteiger partial charge on any atom is 0.166 e. The number of benzene rings is 1. The van der Waals surface area contributed by atoms with Crippen LogP contribution in [0.15, 0.2) is 30.3 Å². The summed E-state index contributed by atoms with van der Waals surface area (Å²) in [5, 5.41) is 8.70. The minimum Gasteiger partial charge on any atom is -0.294 e. The average molecular weight is 187 g/mol. The molecule has 1 aromatic rings. The van der Waals surface area contributed by atoms with Gasteiger partial charge in [-0.2, -0.15) is 5.26 Å². The zero-order valence-corrected chi connectivity index (χ0v) is 8.40. The molecule has 1 rings (SSSR count). The van der Waals surface area contributed by atoms with Crippen molar-refractivity contribution in [3.05, 3.63) is 35.9 Å². The number of nitrogens with zero attached hydrogens (tertiary/aromatic N) is 1. The highest BCUT2D eigenvalue weighted by atomic mass is 16.1. The molecule has 0 bridgehead atoms. The number of carbonyl (C=O) groups is 1. The van der Waals surface area contributed by atoms with Gasteiger partial charge in [0, 0.05) is 11.5 Å². The highest BCUT2D eigenvalue weighted by Gasteiger charge is 2.20. The highest BCUT2D eigenvalue weighted by molar-refractivity contribution is 5.97. The molecule has 0 aromatic heterocycles. The third-order valence-electron chi connectivity index (χ3n) is 2.43. The lowest BCUT2D eigenvalue weighted by atomic mass is 9.89. The minimum atomic E-state index is -0.234. The summed E-state index contributed by atoms with van der Waals surface area (Å²) in [4.78, 5) is 11.8. The van der Waals surface area contributed by atoms with E-state index < -0.39 is 0 Å². The highest BCUT2D eigenvalue weighted by Crippen LogP contribution is 2.16. The Balaban J connectivity index is 2.82. The maximum atomic E-state index is 11.8.